The smallest absolute Gasteiger partial charge is 0.152 e. The van der Waals surface area contributed by atoms with E-state index in [0.717, 1.165) is 16.6 Å². The Balaban J connectivity index is 2.59. The largest absolute Gasteiger partial charge is 0.384 e. The van der Waals surface area contributed by atoms with Crippen molar-refractivity contribution in [3.8, 4) is 0 Å². The van der Waals surface area contributed by atoms with E-state index in [1.54, 1.807) is 0 Å². The van der Waals surface area contributed by atoms with Crippen LogP contribution in [0.15, 0.2) is 22.7 Å². The van der Waals surface area contributed by atoms with Gasteiger partial charge in [0.2, 0.25) is 0 Å². The molecule has 0 saturated carbocycles. The second-order valence-corrected chi connectivity index (χ2v) is 7.45. The Kier molecular flexibility index (Phi) is 6.15. The first-order chi connectivity index (χ1) is 8.48. The second kappa shape index (κ2) is 7.14. The summed E-state index contributed by atoms with van der Waals surface area (Å²) in [6, 6.07) is 6.00. The van der Waals surface area contributed by atoms with E-state index in [1.807, 2.05) is 19.1 Å². The number of hydrogen-bond donors (Lipinski definition) is 1. The summed E-state index contributed by atoms with van der Waals surface area (Å²) in [5, 5.41) is 3.21. The number of benzene rings is 1. The van der Waals surface area contributed by atoms with E-state index in [1.165, 1.54) is 5.56 Å². The van der Waals surface area contributed by atoms with E-state index in [2.05, 4.69) is 34.2 Å². The van der Waals surface area contributed by atoms with Gasteiger partial charge in [-0.1, -0.05) is 29.8 Å². The first kappa shape index (κ1) is 15.5. The molecule has 102 valence electrons. The fourth-order valence-corrected chi connectivity index (χ4v) is 3.43. The van der Waals surface area contributed by atoms with E-state index >= 15 is 0 Å². The number of aryl methyl sites for hydroxylation is 1. The highest BCUT2D eigenvalue weighted by atomic mass is 79.9. The SMILES string of the molecule is CCCS(=O)(=O)CCNc1ccc(Br)cc1CC. The van der Waals surface area contributed by atoms with Gasteiger partial charge in [0.05, 0.1) is 5.75 Å². The van der Waals surface area contributed by atoms with Crippen LogP contribution in [0, 0.1) is 0 Å². The van der Waals surface area contributed by atoms with Gasteiger partial charge in [-0.3, -0.25) is 0 Å². The van der Waals surface area contributed by atoms with Crippen LogP contribution in [0.5, 0.6) is 0 Å². The first-order valence-corrected chi connectivity index (χ1v) is 8.82. The third kappa shape index (κ3) is 4.98. The molecule has 1 N–H and O–H groups in total. The van der Waals surface area contributed by atoms with Crippen LogP contribution >= 0.6 is 15.9 Å². The van der Waals surface area contributed by atoms with Crippen molar-refractivity contribution in [2.24, 2.45) is 0 Å². The standard InChI is InChI=1S/C13H20BrNO2S/c1-3-8-18(16,17)9-7-15-13-6-5-12(14)10-11(13)4-2/h5-6,10,15H,3-4,7-9H2,1-2H3. The Labute approximate surface area is 118 Å². The lowest BCUT2D eigenvalue weighted by Gasteiger charge is -2.11. The van der Waals surface area contributed by atoms with Crippen LogP contribution in [0.4, 0.5) is 5.69 Å². The maximum atomic E-state index is 11.6. The predicted molar refractivity (Wildman–Crippen MR) is 81.0 cm³/mol. The molecule has 0 atom stereocenters. The van der Waals surface area contributed by atoms with Crippen molar-refractivity contribution < 1.29 is 8.42 Å². The van der Waals surface area contributed by atoms with E-state index in [4.69, 9.17) is 0 Å². The highest BCUT2D eigenvalue weighted by molar-refractivity contribution is 9.10. The maximum absolute atomic E-state index is 11.6. The van der Waals surface area contributed by atoms with Crippen LogP contribution < -0.4 is 5.32 Å². The van der Waals surface area contributed by atoms with Crippen molar-refractivity contribution in [3.63, 3.8) is 0 Å². The molecular formula is C13H20BrNO2S. The molecule has 0 amide bonds. The minimum absolute atomic E-state index is 0.195. The van der Waals surface area contributed by atoms with Crippen molar-refractivity contribution in [3.05, 3.63) is 28.2 Å². The topological polar surface area (TPSA) is 46.2 Å². The summed E-state index contributed by atoms with van der Waals surface area (Å²) in [5.41, 5.74) is 2.21. The molecule has 1 aromatic carbocycles. The molecule has 0 aliphatic heterocycles. The van der Waals surface area contributed by atoms with Gasteiger partial charge < -0.3 is 5.32 Å². The van der Waals surface area contributed by atoms with Crippen LogP contribution in [0.2, 0.25) is 0 Å². The third-order valence-electron chi connectivity index (χ3n) is 2.69. The summed E-state index contributed by atoms with van der Waals surface area (Å²) in [7, 11) is -2.90. The number of halogens is 1. The molecule has 0 unspecified atom stereocenters. The predicted octanol–water partition coefficient (Wildman–Crippen LogP) is 3.25. The third-order valence-corrected chi connectivity index (χ3v) is 5.04. The molecule has 0 spiro atoms. The minimum atomic E-state index is -2.90. The Morgan fingerprint density at radius 3 is 2.56 bits per heavy atom. The van der Waals surface area contributed by atoms with Gasteiger partial charge in [-0.2, -0.15) is 0 Å². The minimum Gasteiger partial charge on any atom is -0.384 e. The molecule has 0 bridgehead atoms. The molecular weight excluding hydrogens is 314 g/mol. The fraction of sp³-hybridized carbons (Fsp3) is 0.538. The lowest BCUT2D eigenvalue weighted by atomic mass is 10.1. The molecule has 18 heavy (non-hydrogen) atoms. The highest BCUT2D eigenvalue weighted by Gasteiger charge is 2.09. The van der Waals surface area contributed by atoms with Crippen molar-refractivity contribution in [1.82, 2.24) is 0 Å². The van der Waals surface area contributed by atoms with Crippen molar-refractivity contribution >= 4 is 31.5 Å². The molecule has 0 radical (unpaired) electrons. The van der Waals surface area contributed by atoms with Crippen LogP contribution in [0.3, 0.4) is 0 Å². The number of anilines is 1. The summed E-state index contributed by atoms with van der Waals surface area (Å²) >= 11 is 3.43. The average molecular weight is 334 g/mol. The van der Waals surface area contributed by atoms with Crippen LogP contribution in [-0.4, -0.2) is 26.5 Å². The zero-order valence-corrected chi connectivity index (χ0v) is 13.3. The molecule has 0 aliphatic rings. The van der Waals surface area contributed by atoms with Gasteiger partial charge in [-0.15, -0.1) is 0 Å². The van der Waals surface area contributed by atoms with Gasteiger partial charge in [0, 0.05) is 22.5 Å². The molecule has 3 nitrogen and oxygen atoms in total. The molecule has 0 heterocycles. The lowest BCUT2D eigenvalue weighted by molar-refractivity contribution is 0.595. The van der Waals surface area contributed by atoms with Crippen LogP contribution in [-0.2, 0) is 16.3 Å². The summed E-state index contributed by atoms with van der Waals surface area (Å²) in [5.74, 6) is 0.468. The van der Waals surface area contributed by atoms with Gasteiger partial charge >= 0.3 is 0 Å². The van der Waals surface area contributed by atoms with Gasteiger partial charge in [0.25, 0.3) is 0 Å². The van der Waals surface area contributed by atoms with E-state index in [0.29, 0.717) is 13.0 Å². The van der Waals surface area contributed by atoms with Gasteiger partial charge in [-0.25, -0.2) is 8.42 Å². The molecule has 0 fully saturated rings. The van der Waals surface area contributed by atoms with Gasteiger partial charge in [0.1, 0.15) is 0 Å². The Bertz CT molecular complexity index is 486. The summed E-state index contributed by atoms with van der Waals surface area (Å²) < 4.78 is 24.2. The fourth-order valence-electron chi connectivity index (χ4n) is 1.78. The quantitative estimate of drug-likeness (QED) is 0.833. The highest BCUT2D eigenvalue weighted by Crippen LogP contribution is 2.21. The van der Waals surface area contributed by atoms with Gasteiger partial charge in [-0.05, 0) is 36.6 Å². The maximum Gasteiger partial charge on any atom is 0.152 e. The summed E-state index contributed by atoms with van der Waals surface area (Å²) in [4.78, 5) is 0. The van der Waals surface area contributed by atoms with Gasteiger partial charge in [0.15, 0.2) is 9.84 Å². The number of sulfone groups is 1. The lowest BCUT2D eigenvalue weighted by Crippen LogP contribution is -2.18. The Morgan fingerprint density at radius 2 is 1.94 bits per heavy atom. The zero-order chi connectivity index (χ0) is 13.6. The second-order valence-electron chi connectivity index (χ2n) is 4.23. The first-order valence-electron chi connectivity index (χ1n) is 6.21. The molecule has 5 heteroatoms. The number of rotatable bonds is 7. The molecule has 1 aromatic rings. The summed E-state index contributed by atoms with van der Waals surface area (Å²) in [6.07, 6.45) is 1.60. The number of nitrogens with one attached hydrogen (secondary N) is 1. The number of hydrogen-bond acceptors (Lipinski definition) is 3. The molecule has 0 saturated heterocycles. The van der Waals surface area contributed by atoms with E-state index in [-0.39, 0.29) is 11.5 Å². The van der Waals surface area contributed by atoms with E-state index < -0.39 is 9.84 Å². The Morgan fingerprint density at radius 1 is 1.22 bits per heavy atom. The van der Waals surface area contributed by atoms with Crippen LogP contribution in [0.1, 0.15) is 25.8 Å². The van der Waals surface area contributed by atoms with Crippen molar-refractivity contribution in [1.29, 1.82) is 0 Å². The van der Waals surface area contributed by atoms with Crippen molar-refractivity contribution in [2.45, 2.75) is 26.7 Å². The molecule has 0 aromatic heterocycles. The van der Waals surface area contributed by atoms with Crippen LogP contribution in [0.25, 0.3) is 0 Å². The molecule has 1 rings (SSSR count). The monoisotopic (exact) mass is 333 g/mol. The molecule has 0 aliphatic carbocycles. The average Bonchev–Trinajstić information content (AvgIpc) is 2.30. The van der Waals surface area contributed by atoms with Crippen molar-refractivity contribution in [2.75, 3.05) is 23.4 Å². The normalized spacial score (nSPS) is 11.5. The Hall–Kier alpha value is -0.550. The van der Waals surface area contributed by atoms with E-state index in [9.17, 15) is 8.42 Å². The summed E-state index contributed by atoms with van der Waals surface area (Å²) in [6.45, 7) is 4.44. The zero-order valence-electron chi connectivity index (χ0n) is 10.9.